The fraction of sp³-hybridized carbons (Fsp3) is 0.370. The molecular weight excluding hydrogens is 518 g/mol. The number of aliphatic imine (C=N–C) groups is 1. The Balaban J connectivity index is 2.18. The molecule has 0 saturated heterocycles. The Morgan fingerprint density at radius 1 is 0.900 bits per heavy atom. The Bertz CT molecular complexity index is 1150. The smallest absolute Gasteiger partial charge is 0.336 e. The highest BCUT2D eigenvalue weighted by Gasteiger charge is 2.30. The molecule has 2 aromatic carbocycles. The zero-order valence-corrected chi connectivity index (χ0v) is 22.3. The molecule has 13 nitrogen and oxygen atoms in total. The largest absolute Gasteiger partial charge is 0.508 e. The first kappa shape index (κ1) is 31.7. The van der Waals surface area contributed by atoms with Gasteiger partial charge in [-0.05, 0) is 49.6 Å². The van der Waals surface area contributed by atoms with Crippen LogP contribution in [0.25, 0.3) is 0 Å². The van der Waals surface area contributed by atoms with Gasteiger partial charge >= 0.3 is 11.9 Å². The molecule has 0 fully saturated rings. The number of amides is 2. The highest BCUT2D eigenvalue weighted by molar-refractivity contribution is 5.94. The maximum absolute atomic E-state index is 13.4. The van der Waals surface area contributed by atoms with E-state index in [0.717, 1.165) is 5.56 Å². The van der Waals surface area contributed by atoms with E-state index in [1.807, 2.05) is 0 Å². The van der Waals surface area contributed by atoms with Crippen molar-refractivity contribution in [2.45, 2.75) is 43.8 Å². The Hall–Kier alpha value is -4.49. The second kappa shape index (κ2) is 16.5. The maximum atomic E-state index is 13.4. The fourth-order valence-corrected chi connectivity index (χ4v) is 3.71. The predicted molar refractivity (Wildman–Crippen MR) is 149 cm³/mol. The number of aromatic hydroxyl groups is 1. The summed E-state index contributed by atoms with van der Waals surface area (Å²) < 4.78 is 4.90. The van der Waals surface area contributed by atoms with Crippen LogP contribution in [-0.4, -0.2) is 73.1 Å². The molecule has 13 heteroatoms. The zero-order valence-electron chi connectivity index (χ0n) is 22.3. The number of phenolic OH excluding ortho intramolecular Hbond substituents is 1. The topological polar surface area (TPSA) is 224 Å². The highest BCUT2D eigenvalue weighted by atomic mass is 16.6. The van der Waals surface area contributed by atoms with Crippen LogP contribution in [-0.2, 0) is 36.8 Å². The summed E-state index contributed by atoms with van der Waals surface area (Å²) in [6.45, 7) is 0.00961. The number of nitrogens with two attached hydrogens (primary N) is 3. The standard InChI is InChI=1S/C27H37N7O6/c1-31-16-23(36)40-26(39)22(15-17-6-3-2-4-7-17)34-25(38)21(8-5-13-32-27(29)30)33-24(37)20(28)14-18-9-11-19(35)12-10-18/h2-4,6-7,9-12,20-22,31,35H,5,8,13-16,28H2,1H3,(H,33,37)(H,34,38)(H4,29,30,32)/t20-,21+,22-/m0/s1. The second-order valence-electron chi connectivity index (χ2n) is 9.06. The van der Waals surface area contributed by atoms with Crippen molar-refractivity contribution in [3.05, 3.63) is 65.7 Å². The lowest BCUT2D eigenvalue weighted by molar-refractivity contribution is -0.161. The summed E-state index contributed by atoms with van der Waals surface area (Å²) in [5.74, 6) is -3.04. The van der Waals surface area contributed by atoms with Gasteiger partial charge in [0, 0.05) is 13.0 Å². The van der Waals surface area contributed by atoms with Crippen molar-refractivity contribution in [1.82, 2.24) is 16.0 Å². The molecule has 2 amide bonds. The summed E-state index contributed by atoms with van der Waals surface area (Å²) in [6.07, 6.45) is 0.669. The number of nitrogens with zero attached hydrogens (tertiary/aromatic N) is 1. The van der Waals surface area contributed by atoms with Crippen LogP contribution in [0.15, 0.2) is 59.6 Å². The third kappa shape index (κ3) is 11.5. The number of guanidine groups is 1. The molecule has 2 rings (SSSR count). The van der Waals surface area contributed by atoms with Gasteiger partial charge in [-0.2, -0.15) is 0 Å². The van der Waals surface area contributed by atoms with E-state index in [1.165, 1.54) is 19.2 Å². The quantitative estimate of drug-likeness (QED) is 0.0457. The number of benzene rings is 2. The van der Waals surface area contributed by atoms with E-state index in [-0.39, 0.29) is 44.1 Å². The zero-order chi connectivity index (χ0) is 29.5. The van der Waals surface area contributed by atoms with Gasteiger partial charge in [0.25, 0.3) is 0 Å². The van der Waals surface area contributed by atoms with Crippen LogP contribution >= 0.6 is 0 Å². The minimum atomic E-state index is -1.21. The Kier molecular flexibility index (Phi) is 13.1. The molecule has 0 radical (unpaired) electrons. The first-order valence-electron chi connectivity index (χ1n) is 12.7. The third-order valence-corrected chi connectivity index (χ3v) is 5.73. The van der Waals surface area contributed by atoms with Gasteiger partial charge in [-0.3, -0.25) is 19.4 Å². The van der Waals surface area contributed by atoms with Gasteiger partial charge < -0.3 is 43.0 Å². The van der Waals surface area contributed by atoms with Gasteiger partial charge in [0.1, 0.15) is 17.8 Å². The molecule has 0 heterocycles. The van der Waals surface area contributed by atoms with Crippen molar-refractivity contribution in [2.24, 2.45) is 22.2 Å². The number of hydrogen-bond acceptors (Lipinski definition) is 9. The molecule has 10 N–H and O–H groups in total. The molecule has 3 atom stereocenters. The molecule has 0 aliphatic carbocycles. The summed E-state index contributed by atoms with van der Waals surface area (Å²) in [4.78, 5) is 54.9. The number of carbonyl (C=O) groups is 4. The molecule has 40 heavy (non-hydrogen) atoms. The lowest BCUT2D eigenvalue weighted by atomic mass is 10.0. The van der Waals surface area contributed by atoms with Gasteiger partial charge in [0.05, 0.1) is 12.6 Å². The van der Waals surface area contributed by atoms with Crippen LogP contribution in [0.3, 0.4) is 0 Å². The van der Waals surface area contributed by atoms with E-state index in [0.29, 0.717) is 12.0 Å². The first-order valence-corrected chi connectivity index (χ1v) is 12.7. The van der Waals surface area contributed by atoms with E-state index in [9.17, 15) is 24.3 Å². The lowest BCUT2D eigenvalue weighted by Gasteiger charge is -2.24. The minimum absolute atomic E-state index is 0.0489. The van der Waals surface area contributed by atoms with Crippen molar-refractivity contribution < 1.29 is 29.0 Å². The number of rotatable bonds is 15. The van der Waals surface area contributed by atoms with Crippen LogP contribution < -0.4 is 33.2 Å². The molecular formula is C27H37N7O6. The molecule has 0 unspecified atom stereocenters. The molecule has 0 spiro atoms. The first-order chi connectivity index (χ1) is 19.1. The Labute approximate surface area is 232 Å². The van der Waals surface area contributed by atoms with Gasteiger partial charge in [-0.25, -0.2) is 4.79 Å². The third-order valence-electron chi connectivity index (χ3n) is 5.73. The van der Waals surface area contributed by atoms with Crippen molar-refractivity contribution in [2.75, 3.05) is 20.1 Å². The monoisotopic (exact) mass is 555 g/mol. The summed E-state index contributed by atoms with van der Waals surface area (Å²) in [7, 11) is 1.52. The summed E-state index contributed by atoms with van der Waals surface area (Å²) in [6, 6.07) is 11.8. The number of carbonyl (C=O) groups excluding carboxylic acids is 4. The Morgan fingerprint density at radius 2 is 1.52 bits per heavy atom. The summed E-state index contributed by atoms with van der Waals surface area (Å²) in [5, 5.41) is 17.3. The predicted octanol–water partition coefficient (Wildman–Crippen LogP) is -1.18. The van der Waals surface area contributed by atoms with E-state index in [4.69, 9.17) is 21.9 Å². The molecule has 2 aromatic rings. The average Bonchev–Trinajstić information content (AvgIpc) is 2.91. The molecule has 0 bridgehead atoms. The van der Waals surface area contributed by atoms with Gasteiger partial charge in [0.2, 0.25) is 11.8 Å². The molecule has 0 aliphatic rings. The SMILES string of the molecule is CNCC(=O)OC(=O)[C@H](Cc1ccccc1)NC(=O)[C@@H](CCCN=C(N)N)NC(=O)[C@@H](N)Cc1ccc(O)cc1. The maximum Gasteiger partial charge on any atom is 0.336 e. The van der Waals surface area contributed by atoms with Crippen LogP contribution in [0, 0.1) is 0 Å². The second-order valence-corrected chi connectivity index (χ2v) is 9.06. The van der Waals surface area contributed by atoms with Crippen LogP contribution in [0.5, 0.6) is 5.75 Å². The van der Waals surface area contributed by atoms with E-state index in [2.05, 4.69) is 20.9 Å². The Morgan fingerprint density at radius 3 is 2.15 bits per heavy atom. The lowest BCUT2D eigenvalue weighted by Crippen LogP contribution is -2.55. The molecule has 216 valence electrons. The van der Waals surface area contributed by atoms with E-state index in [1.54, 1.807) is 42.5 Å². The number of hydrogen-bond donors (Lipinski definition) is 7. The normalized spacial score (nSPS) is 12.8. The minimum Gasteiger partial charge on any atom is -0.508 e. The molecule has 0 saturated carbocycles. The van der Waals surface area contributed by atoms with Crippen molar-refractivity contribution >= 4 is 29.7 Å². The number of nitrogens with one attached hydrogen (secondary N) is 3. The van der Waals surface area contributed by atoms with Crippen molar-refractivity contribution in [3.8, 4) is 5.75 Å². The number of ether oxygens (including phenoxy) is 1. The number of esters is 2. The molecule has 0 aliphatic heterocycles. The average molecular weight is 556 g/mol. The summed E-state index contributed by atoms with van der Waals surface area (Å²) in [5.41, 5.74) is 18.3. The van der Waals surface area contributed by atoms with E-state index < -0.39 is 41.9 Å². The van der Waals surface area contributed by atoms with Gasteiger partial charge in [0.15, 0.2) is 5.96 Å². The number of likely N-dealkylation sites (N-methyl/N-ethyl adjacent to an activating group) is 1. The van der Waals surface area contributed by atoms with Gasteiger partial charge in [-0.1, -0.05) is 42.5 Å². The fourth-order valence-electron chi connectivity index (χ4n) is 3.71. The molecule has 0 aromatic heterocycles. The van der Waals surface area contributed by atoms with Gasteiger partial charge in [-0.15, -0.1) is 0 Å². The van der Waals surface area contributed by atoms with Crippen molar-refractivity contribution in [1.29, 1.82) is 0 Å². The van der Waals surface area contributed by atoms with Crippen LogP contribution in [0.2, 0.25) is 0 Å². The van der Waals surface area contributed by atoms with Crippen LogP contribution in [0.1, 0.15) is 24.0 Å². The highest BCUT2D eigenvalue weighted by Crippen LogP contribution is 2.12. The van der Waals surface area contributed by atoms with Crippen molar-refractivity contribution in [3.63, 3.8) is 0 Å². The van der Waals surface area contributed by atoms with Crippen LogP contribution in [0.4, 0.5) is 0 Å². The number of phenols is 1. The summed E-state index contributed by atoms with van der Waals surface area (Å²) >= 11 is 0. The van der Waals surface area contributed by atoms with E-state index >= 15 is 0 Å².